The number of ether oxygens (including phenoxy) is 2. The maximum absolute atomic E-state index is 5.91. The monoisotopic (exact) mass is 313 g/mol. The molecule has 2 aromatic carbocycles. The minimum atomic E-state index is 0.0804. The average molecular weight is 313 g/mol. The Hall–Kier alpha value is -2.16. The van der Waals surface area contributed by atoms with Crippen molar-refractivity contribution >= 4 is 5.69 Å². The average Bonchev–Trinajstić information content (AvgIpc) is 2.55. The molecule has 0 amide bonds. The molecule has 0 fully saturated rings. The number of anilines is 1. The number of aryl methyl sites for hydroxylation is 1. The molecule has 0 aliphatic carbocycles. The van der Waals surface area contributed by atoms with Crippen LogP contribution in [0.4, 0.5) is 5.69 Å². The van der Waals surface area contributed by atoms with Gasteiger partial charge in [0.25, 0.3) is 0 Å². The van der Waals surface area contributed by atoms with Crippen LogP contribution < -0.4 is 14.8 Å². The maximum atomic E-state index is 5.91. The van der Waals surface area contributed by atoms with Gasteiger partial charge < -0.3 is 14.8 Å². The Kier molecular flexibility index (Phi) is 6.33. The van der Waals surface area contributed by atoms with Crippen LogP contribution in [-0.2, 0) is 0 Å². The van der Waals surface area contributed by atoms with Crippen molar-refractivity contribution < 1.29 is 9.47 Å². The Morgan fingerprint density at radius 1 is 0.913 bits per heavy atom. The van der Waals surface area contributed by atoms with Crippen LogP contribution in [0.1, 0.15) is 32.8 Å². The third-order valence-corrected chi connectivity index (χ3v) is 3.70. The lowest BCUT2D eigenvalue weighted by molar-refractivity contribution is 0.217. The van der Waals surface area contributed by atoms with Crippen molar-refractivity contribution in [3.63, 3.8) is 0 Å². The zero-order valence-corrected chi connectivity index (χ0v) is 14.5. The first kappa shape index (κ1) is 17.2. The molecule has 2 aromatic rings. The normalized spacial score (nSPS) is 13.2. The van der Waals surface area contributed by atoms with E-state index >= 15 is 0 Å². The summed E-state index contributed by atoms with van der Waals surface area (Å²) in [5, 5.41) is 3.40. The molecule has 0 bridgehead atoms. The highest BCUT2D eigenvalue weighted by atomic mass is 16.5. The molecule has 0 aromatic heterocycles. The summed E-state index contributed by atoms with van der Waals surface area (Å²) < 4.78 is 11.8. The van der Waals surface area contributed by atoms with E-state index < -0.39 is 0 Å². The molecule has 3 heteroatoms. The van der Waals surface area contributed by atoms with Gasteiger partial charge in [-0.3, -0.25) is 0 Å². The van der Waals surface area contributed by atoms with Gasteiger partial charge in [0.2, 0.25) is 0 Å². The van der Waals surface area contributed by atoms with Gasteiger partial charge in [-0.25, -0.2) is 0 Å². The first-order valence-electron chi connectivity index (χ1n) is 8.30. The Balaban J connectivity index is 1.85. The van der Waals surface area contributed by atoms with Crippen molar-refractivity contribution in [3.05, 3.63) is 54.1 Å². The van der Waals surface area contributed by atoms with Gasteiger partial charge in [-0.05, 0) is 51.5 Å². The summed E-state index contributed by atoms with van der Waals surface area (Å²) in [6.45, 7) is 9.07. The highest BCUT2D eigenvalue weighted by molar-refractivity contribution is 5.48. The summed E-state index contributed by atoms with van der Waals surface area (Å²) in [4.78, 5) is 0. The second kappa shape index (κ2) is 8.47. The van der Waals surface area contributed by atoms with E-state index in [1.807, 2.05) is 36.4 Å². The van der Waals surface area contributed by atoms with E-state index in [4.69, 9.17) is 9.47 Å². The van der Waals surface area contributed by atoms with Crippen molar-refractivity contribution in [1.82, 2.24) is 0 Å². The molecule has 0 saturated heterocycles. The van der Waals surface area contributed by atoms with Gasteiger partial charge in [0.05, 0.1) is 12.6 Å². The summed E-state index contributed by atoms with van der Waals surface area (Å²) in [5.74, 6) is 1.80. The van der Waals surface area contributed by atoms with Crippen LogP contribution >= 0.6 is 0 Å². The molecule has 2 atom stereocenters. The predicted molar refractivity (Wildman–Crippen MR) is 96.6 cm³/mol. The molecule has 0 aliphatic heterocycles. The quantitative estimate of drug-likeness (QED) is 0.739. The fourth-order valence-electron chi connectivity index (χ4n) is 2.15. The lowest BCUT2D eigenvalue weighted by Gasteiger charge is -2.17. The van der Waals surface area contributed by atoms with E-state index in [1.165, 1.54) is 5.56 Å². The minimum absolute atomic E-state index is 0.0804. The van der Waals surface area contributed by atoms with Gasteiger partial charge in [0, 0.05) is 11.8 Å². The molecule has 0 heterocycles. The largest absolute Gasteiger partial charge is 0.491 e. The Labute approximate surface area is 139 Å². The molecule has 124 valence electrons. The SMILES string of the molecule is CCC(C)Oc1cccc(NCC(C)Oc2ccc(C)cc2)c1. The molecule has 23 heavy (non-hydrogen) atoms. The Morgan fingerprint density at radius 2 is 1.61 bits per heavy atom. The van der Waals surface area contributed by atoms with E-state index in [0.717, 1.165) is 30.2 Å². The standard InChI is InChI=1S/C20H27NO2/c1-5-16(3)22-20-8-6-7-18(13-20)21-14-17(4)23-19-11-9-15(2)10-12-19/h6-13,16-17,21H,5,14H2,1-4H3. The smallest absolute Gasteiger partial charge is 0.121 e. The minimum Gasteiger partial charge on any atom is -0.491 e. The molecular formula is C20H27NO2. The van der Waals surface area contributed by atoms with E-state index in [2.05, 4.69) is 45.1 Å². The number of rotatable bonds is 8. The highest BCUT2D eigenvalue weighted by Gasteiger charge is 2.05. The van der Waals surface area contributed by atoms with Crippen LogP contribution in [0.3, 0.4) is 0 Å². The fourth-order valence-corrected chi connectivity index (χ4v) is 2.15. The predicted octanol–water partition coefficient (Wildman–Crippen LogP) is 5.05. The first-order valence-corrected chi connectivity index (χ1v) is 8.30. The topological polar surface area (TPSA) is 30.5 Å². The lowest BCUT2D eigenvalue weighted by Crippen LogP contribution is -2.22. The lowest BCUT2D eigenvalue weighted by atomic mass is 10.2. The second-order valence-corrected chi connectivity index (χ2v) is 5.99. The van der Waals surface area contributed by atoms with E-state index in [-0.39, 0.29) is 12.2 Å². The molecular weight excluding hydrogens is 286 g/mol. The van der Waals surface area contributed by atoms with Crippen molar-refractivity contribution in [2.24, 2.45) is 0 Å². The van der Waals surface area contributed by atoms with Crippen molar-refractivity contribution in [1.29, 1.82) is 0 Å². The van der Waals surface area contributed by atoms with Crippen molar-refractivity contribution in [3.8, 4) is 11.5 Å². The summed E-state index contributed by atoms with van der Waals surface area (Å²) >= 11 is 0. The molecule has 0 saturated carbocycles. The highest BCUT2D eigenvalue weighted by Crippen LogP contribution is 2.19. The molecule has 0 spiro atoms. The molecule has 1 N–H and O–H groups in total. The van der Waals surface area contributed by atoms with Gasteiger partial charge in [-0.15, -0.1) is 0 Å². The van der Waals surface area contributed by atoms with Crippen LogP contribution in [-0.4, -0.2) is 18.8 Å². The molecule has 0 radical (unpaired) electrons. The summed E-state index contributed by atoms with van der Waals surface area (Å²) in [6, 6.07) is 16.2. The number of benzene rings is 2. The summed E-state index contributed by atoms with van der Waals surface area (Å²) in [7, 11) is 0. The fraction of sp³-hybridized carbons (Fsp3) is 0.400. The van der Waals surface area contributed by atoms with E-state index in [1.54, 1.807) is 0 Å². The van der Waals surface area contributed by atoms with Gasteiger partial charge in [-0.2, -0.15) is 0 Å². The number of nitrogens with one attached hydrogen (secondary N) is 1. The van der Waals surface area contributed by atoms with Gasteiger partial charge in [0.15, 0.2) is 0 Å². The molecule has 3 nitrogen and oxygen atoms in total. The van der Waals surface area contributed by atoms with Crippen LogP contribution in [0, 0.1) is 6.92 Å². The second-order valence-electron chi connectivity index (χ2n) is 5.99. The number of hydrogen-bond acceptors (Lipinski definition) is 3. The van der Waals surface area contributed by atoms with E-state index in [9.17, 15) is 0 Å². The third-order valence-electron chi connectivity index (χ3n) is 3.70. The summed E-state index contributed by atoms with van der Waals surface area (Å²) in [6.07, 6.45) is 1.31. The maximum Gasteiger partial charge on any atom is 0.121 e. The Bertz CT molecular complexity index is 595. The number of hydrogen-bond donors (Lipinski definition) is 1. The van der Waals surface area contributed by atoms with Crippen molar-refractivity contribution in [2.45, 2.75) is 46.3 Å². The van der Waals surface area contributed by atoms with E-state index in [0.29, 0.717) is 0 Å². The molecule has 0 aliphatic rings. The Morgan fingerprint density at radius 3 is 2.30 bits per heavy atom. The van der Waals surface area contributed by atoms with Gasteiger partial charge in [0.1, 0.15) is 17.6 Å². The van der Waals surface area contributed by atoms with Crippen LogP contribution in [0.15, 0.2) is 48.5 Å². The van der Waals surface area contributed by atoms with Crippen LogP contribution in [0.5, 0.6) is 11.5 Å². The zero-order chi connectivity index (χ0) is 16.7. The zero-order valence-electron chi connectivity index (χ0n) is 14.5. The third kappa shape index (κ3) is 5.85. The van der Waals surface area contributed by atoms with Crippen LogP contribution in [0.25, 0.3) is 0 Å². The van der Waals surface area contributed by atoms with Gasteiger partial charge in [-0.1, -0.05) is 30.7 Å². The first-order chi connectivity index (χ1) is 11.1. The van der Waals surface area contributed by atoms with Crippen LogP contribution in [0.2, 0.25) is 0 Å². The molecule has 2 rings (SSSR count). The van der Waals surface area contributed by atoms with Crippen molar-refractivity contribution in [2.75, 3.05) is 11.9 Å². The molecule has 2 unspecified atom stereocenters. The summed E-state index contributed by atoms with van der Waals surface area (Å²) in [5.41, 5.74) is 2.28. The van der Waals surface area contributed by atoms with Gasteiger partial charge >= 0.3 is 0 Å².